The number of thiophene rings is 1. The number of carbonyl (C=O) groups is 1. The van der Waals surface area contributed by atoms with Crippen molar-refractivity contribution in [1.29, 1.82) is 0 Å². The van der Waals surface area contributed by atoms with Crippen molar-refractivity contribution in [2.45, 2.75) is 32.6 Å². The maximum Gasteiger partial charge on any atom is 0.305 e. The molecule has 9 heteroatoms. The third kappa shape index (κ3) is 3.29. The fourth-order valence-corrected chi connectivity index (χ4v) is 4.65. The molecule has 4 rings (SSSR count). The van der Waals surface area contributed by atoms with Gasteiger partial charge in [-0.25, -0.2) is 0 Å². The Labute approximate surface area is 164 Å². The lowest BCUT2D eigenvalue weighted by Crippen LogP contribution is -2.10. The van der Waals surface area contributed by atoms with Gasteiger partial charge in [0.15, 0.2) is 5.69 Å². The molecule has 28 heavy (non-hydrogen) atoms. The van der Waals surface area contributed by atoms with Gasteiger partial charge in [0.1, 0.15) is 0 Å². The maximum atomic E-state index is 12.5. The molecule has 3 aromatic rings. The molecule has 1 unspecified atom stereocenters. The number of aryl methyl sites for hydroxylation is 1. The quantitative estimate of drug-likeness (QED) is 0.352. The number of aromatic nitrogens is 1. The number of nitro benzene ring substituents is 1. The molecule has 0 bridgehead atoms. The number of nitrogens with zero attached hydrogens (tertiary/aromatic N) is 3. The zero-order valence-electron chi connectivity index (χ0n) is 15.1. The van der Waals surface area contributed by atoms with E-state index >= 15 is 0 Å². The lowest BCUT2D eigenvalue weighted by atomic mass is 9.87. The minimum absolute atomic E-state index is 0.0133. The normalized spacial score (nSPS) is 16.5. The first kappa shape index (κ1) is 18.3. The van der Waals surface area contributed by atoms with Crippen LogP contribution in [0.3, 0.4) is 0 Å². The number of nitro groups is 1. The minimum Gasteiger partial charge on any atom is -0.493 e. The lowest BCUT2D eigenvalue weighted by molar-refractivity contribution is -0.384. The van der Waals surface area contributed by atoms with E-state index in [2.05, 4.69) is 22.1 Å². The van der Waals surface area contributed by atoms with E-state index in [1.165, 1.54) is 40.0 Å². The van der Waals surface area contributed by atoms with Gasteiger partial charge in [-0.3, -0.25) is 14.9 Å². The predicted octanol–water partition coefficient (Wildman–Crippen LogP) is 5.28. The summed E-state index contributed by atoms with van der Waals surface area (Å²) >= 11 is 1.44. The van der Waals surface area contributed by atoms with Gasteiger partial charge in [-0.2, -0.15) is 0 Å². The van der Waals surface area contributed by atoms with Gasteiger partial charge in [-0.05, 0) is 42.9 Å². The molecular weight excluding hydrogens is 380 g/mol. The van der Waals surface area contributed by atoms with Crippen LogP contribution in [0, 0.1) is 16.0 Å². The summed E-state index contributed by atoms with van der Waals surface area (Å²) in [5, 5.41) is 29.0. The van der Waals surface area contributed by atoms with E-state index < -0.39 is 10.8 Å². The van der Waals surface area contributed by atoms with Gasteiger partial charge >= 0.3 is 5.91 Å². The molecule has 0 radical (unpaired) electrons. The summed E-state index contributed by atoms with van der Waals surface area (Å²) in [6.07, 6.45) is 4.24. The number of hydrogen-bond donors (Lipinski definition) is 2. The van der Waals surface area contributed by atoms with Gasteiger partial charge in [-0.1, -0.05) is 13.3 Å². The SMILES string of the molecule is CCC1CCc2sc(C(=O)N=Nc3c(O)[nH]c4ccc([N+](=O)[O-])cc34)cc2C1. The first-order valence-corrected chi connectivity index (χ1v) is 9.84. The van der Waals surface area contributed by atoms with Gasteiger partial charge in [0.2, 0.25) is 5.88 Å². The van der Waals surface area contributed by atoms with Crippen molar-refractivity contribution in [2.24, 2.45) is 16.1 Å². The Kier molecular flexibility index (Phi) is 4.68. The van der Waals surface area contributed by atoms with Gasteiger partial charge in [0, 0.05) is 22.4 Å². The van der Waals surface area contributed by atoms with Crippen molar-refractivity contribution >= 4 is 39.5 Å². The number of hydrogen-bond acceptors (Lipinski definition) is 6. The number of H-pyrrole nitrogens is 1. The molecule has 2 heterocycles. The lowest BCUT2D eigenvalue weighted by Gasteiger charge is -2.19. The predicted molar refractivity (Wildman–Crippen MR) is 106 cm³/mol. The van der Waals surface area contributed by atoms with E-state index in [0.717, 1.165) is 25.7 Å². The molecule has 0 saturated heterocycles. The van der Waals surface area contributed by atoms with Crippen molar-refractivity contribution in [2.75, 3.05) is 0 Å². The Bertz CT molecular complexity index is 1110. The summed E-state index contributed by atoms with van der Waals surface area (Å²) in [6, 6.07) is 5.98. The Hall–Kier alpha value is -3.07. The molecule has 144 valence electrons. The van der Waals surface area contributed by atoms with Crippen LogP contribution in [0.4, 0.5) is 11.4 Å². The Balaban J connectivity index is 1.62. The van der Waals surface area contributed by atoms with Crippen LogP contribution < -0.4 is 0 Å². The molecule has 0 spiro atoms. The van der Waals surface area contributed by atoms with Gasteiger partial charge in [0.25, 0.3) is 5.69 Å². The van der Waals surface area contributed by atoms with E-state index in [9.17, 15) is 20.0 Å². The average Bonchev–Trinajstić information content (AvgIpc) is 3.25. The van der Waals surface area contributed by atoms with E-state index in [4.69, 9.17) is 0 Å². The van der Waals surface area contributed by atoms with Crippen LogP contribution in [0.1, 0.15) is 39.9 Å². The van der Waals surface area contributed by atoms with E-state index in [0.29, 0.717) is 21.7 Å². The fourth-order valence-electron chi connectivity index (χ4n) is 3.56. The van der Waals surface area contributed by atoms with Crippen LogP contribution in [0.25, 0.3) is 10.9 Å². The van der Waals surface area contributed by atoms with Crippen LogP contribution >= 0.6 is 11.3 Å². The van der Waals surface area contributed by atoms with E-state index in [1.807, 2.05) is 6.07 Å². The highest BCUT2D eigenvalue weighted by molar-refractivity contribution is 7.14. The van der Waals surface area contributed by atoms with Crippen molar-refractivity contribution in [3.63, 3.8) is 0 Å². The summed E-state index contributed by atoms with van der Waals surface area (Å²) < 4.78 is 0. The zero-order chi connectivity index (χ0) is 19.8. The monoisotopic (exact) mass is 398 g/mol. The molecule has 2 N–H and O–H groups in total. The molecule has 1 amide bonds. The highest BCUT2D eigenvalue weighted by atomic mass is 32.1. The second kappa shape index (κ2) is 7.16. The molecule has 0 fully saturated rings. The average molecular weight is 398 g/mol. The number of aromatic hydroxyl groups is 1. The molecule has 2 aromatic heterocycles. The van der Waals surface area contributed by atoms with Crippen molar-refractivity contribution in [3.05, 3.63) is 49.7 Å². The molecule has 1 aromatic carbocycles. The second-order valence-corrected chi connectivity index (χ2v) is 8.03. The largest absolute Gasteiger partial charge is 0.493 e. The molecule has 8 nitrogen and oxygen atoms in total. The Morgan fingerprint density at radius 2 is 2.25 bits per heavy atom. The van der Waals surface area contributed by atoms with Crippen LogP contribution in [0.2, 0.25) is 0 Å². The molecule has 1 atom stereocenters. The fraction of sp³-hybridized carbons (Fsp3) is 0.316. The first-order chi connectivity index (χ1) is 13.5. The molecule has 1 aliphatic rings. The topological polar surface area (TPSA) is 121 Å². The van der Waals surface area contributed by atoms with Crippen molar-refractivity contribution in [3.8, 4) is 5.88 Å². The van der Waals surface area contributed by atoms with E-state index in [-0.39, 0.29) is 17.3 Å². The van der Waals surface area contributed by atoms with Crippen LogP contribution in [0.5, 0.6) is 5.88 Å². The first-order valence-electron chi connectivity index (χ1n) is 9.03. The van der Waals surface area contributed by atoms with Gasteiger partial charge in [0.05, 0.1) is 15.3 Å². The number of carbonyl (C=O) groups excluding carboxylic acids is 1. The molecule has 0 aliphatic heterocycles. The highest BCUT2D eigenvalue weighted by Crippen LogP contribution is 2.38. The summed E-state index contributed by atoms with van der Waals surface area (Å²) in [5.74, 6) is -0.111. The number of amides is 1. The van der Waals surface area contributed by atoms with Gasteiger partial charge < -0.3 is 10.1 Å². The van der Waals surface area contributed by atoms with Crippen LogP contribution in [-0.4, -0.2) is 20.9 Å². The van der Waals surface area contributed by atoms with Crippen molar-refractivity contribution in [1.82, 2.24) is 4.98 Å². The smallest absolute Gasteiger partial charge is 0.305 e. The Morgan fingerprint density at radius 3 is 3.00 bits per heavy atom. The number of non-ortho nitro benzene ring substituents is 1. The number of benzene rings is 1. The standard InChI is InChI=1S/C19H18N4O4S/c1-2-10-3-6-15-11(7-10)8-16(28-15)18(24)22-21-17-13-9-12(23(26)27)4-5-14(13)20-19(17)25/h4-5,8-10,20,25H,2-3,6-7H2,1H3. The summed E-state index contributed by atoms with van der Waals surface area (Å²) in [4.78, 5) is 27.4. The summed E-state index contributed by atoms with van der Waals surface area (Å²) in [7, 11) is 0. The Morgan fingerprint density at radius 1 is 1.43 bits per heavy atom. The van der Waals surface area contributed by atoms with Crippen molar-refractivity contribution < 1.29 is 14.8 Å². The summed E-state index contributed by atoms with van der Waals surface area (Å²) in [5.41, 5.74) is 1.57. The molecule has 0 saturated carbocycles. The maximum absolute atomic E-state index is 12.5. The van der Waals surface area contributed by atoms with Crippen LogP contribution in [-0.2, 0) is 12.8 Å². The number of rotatable bonds is 4. The number of azo groups is 1. The summed E-state index contributed by atoms with van der Waals surface area (Å²) in [6.45, 7) is 2.18. The highest BCUT2D eigenvalue weighted by Gasteiger charge is 2.22. The second-order valence-electron chi connectivity index (χ2n) is 6.89. The third-order valence-electron chi connectivity index (χ3n) is 5.16. The van der Waals surface area contributed by atoms with Crippen LogP contribution in [0.15, 0.2) is 34.5 Å². The third-order valence-corrected chi connectivity index (χ3v) is 6.39. The number of aromatic amines is 1. The molecule has 1 aliphatic carbocycles. The van der Waals surface area contributed by atoms with E-state index in [1.54, 1.807) is 0 Å². The number of nitrogens with one attached hydrogen (secondary N) is 1. The molecular formula is C19H18N4O4S. The van der Waals surface area contributed by atoms with Gasteiger partial charge in [-0.15, -0.1) is 21.6 Å². The zero-order valence-corrected chi connectivity index (χ0v) is 16.0. The minimum atomic E-state index is -0.532. The number of fused-ring (bicyclic) bond motifs is 2.